The van der Waals surface area contributed by atoms with Crippen molar-refractivity contribution in [1.29, 1.82) is 0 Å². The fourth-order valence-electron chi connectivity index (χ4n) is 5.55. The number of rotatable bonds is 7. The highest BCUT2D eigenvalue weighted by molar-refractivity contribution is 5.75. The number of hydrogen-bond acceptors (Lipinski definition) is 6. The van der Waals surface area contributed by atoms with Gasteiger partial charge in [0.25, 0.3) is 0 Å². The van der Waals surface area contributed by atoms with E-state index in [-0.39, 0.29) is 0 Å². The second-order valence-corrected chi connectivity index (χ2v) is 11.2. The van der Waals surface area contributed by atoms with Crippen LogP contribution >= 0.6 is 0 Å². The molecule has 8 rings (SSSR count). The van der Waals surface area contributed by atoms with E-state index in [1.54, 1.807) is 0 Å². The van der Waals surface area contributed by atoms with Gasteiger partial charge in [-0.1, -0.05) is 164 Å². The van der Waals surface area contributed by atoms with Crippen LogP contribution in [-0.4, -0.2) is 29.9 Å². The molecule has 0 fully saturated rings. The summed E-state index contributed by atoms with van der Waals surface area (Å²) in [5.41, 5.74) is 8.01. The van der Waals surface area contributed by atoms with Crippen LogP contribution in [0.5, 0.6) is 0 Å². The maximum Gasteiger partial charge on any atom is 0.202 e. The third-order valence-electron chi connectivity index (χ3n) is 8.01. The molecule has 2 heterocycles. The average molecular weight is 617 g/mol. The Morgan fingerprint density at radius 2 is 0.458 bits per heavy atom. The average Bonchev–Trinajstić information content (AvgIpc) is 3.19. The molecule has 0 aliphatic carbocycles. The van der Waals surface area contributed by atoms with Gasteiger partial charge in [0.05, 0.1) is 0 Å². The minimum atomic E-state index is 0.369. The lowest BCUT2D eigenvalue weighted by molar-refractivity contribution is 1.00. The minimum absolute atomic E-state index is 0.369. The summed E-state index contributed by atoms with van der Waals surface area (Å²) in [6, 6.07) is 56.9. The molecule has 0 bridgehead atoms. The SMILES string of the molecule is c1ccc(-c2ccc(-c3cccc(-c4nc(-c5ccccc5)nc(-c5nc(-c6ccccc6)nc(-c6ccccc6)n5)n4)c3)cc2)cc1. The zero-order valence-corrected chi connectivity index (χ0v) is 25.8. The Hall–Kier alpha value is -6.66. The topological polar surface area (TPSA) is 77.3 Å². The van der Waals surface area contributed by atoms with Gasteiger partial charge in [0.1, 0.15) is 0 Å². The van der Waals surface area contributed by atoms with Crippen molar-refractivity contribution in [3.05, 3.63) is 170 Å². The minimum Gasteiger partial charge on any atom is -0.208 e. The van der Waals surface area contributed by atoms with Gasteiger partial charge in [-0.05, 0) is 28.3 Å². The first-order valence-electron chi connectivity index (χ1n) is 15.7. The van der Waals surface area contributed by atoms with Crippen molar-refractivity contribution >= 4 is 0 Å². The van der Waals surface area contributed by atoms with E-state index in [1.807, 2.05) is 109 Å². The Labute approximate surface area is 278 Å². The molecule has 6 aromatic carbocycles. The highest BCUT2D eigenvalue weighted by Gasteiger charge is 2.18. The lowest BCUT2D eigenvalue weighted by Crippen LogP contribution is -2.05. The van der Waals surface area contributed by atoms with Crippen molar-refractivity contribution < 1.29 is 0 Å². The molecule has 0 radical (unpaired) electrons. The van der Waals surface area contributed by atoms with Crippen LogP contribution in [-0.2, 0) is 0 Å². The summed E-state index contributed by atoms with van der Waals surface area (Å²) in [5.74, 6) is 2.90. The molecular formula is C42H28N6. The van der Waals surface area contributed by atoms with Crippen molar-refractivity contribution in [1.82, 2.24) is 29.9 Å². The van der Waals surface area contributed by atoms with Crippen molar-refractivity contribution in [2.24, 2.45) is 0 Å². The Bertz CT molecular complexity index is 2250. The van der Waals surface area contributed by atoms with Crippen LogP contribution in [0.2, 0.25) is 0 Å². The van der Waals surface area contributed by atoms with Crippen molar-refractivity contribution in [2.45, 2.75) is 0 Å². The quantitative estimate of drug-likeness (QED) is 0.177. The molecule has 8 aromatic rings. The van der Waals surface area contributed by atoms with Crippen LogP contribution < -0.4 is 0 Å². The van der Waals surface area contributed by atoms with Gasteiger partial charge < -0.3 is 0 Å². The van der Waals surface area contributed by atoms with Crippen molar-refractivity contribution in [3.63, 3.8) is 0 Å². The number of nitrogens with zero attached hydrogens (tertiary/aromatic N) is 6. The molecule has 0 aliphatic rings. The molecule has 0 saturated heterocycles. The second-order valence-electron chi connectivity index (χ2n) is 11.2. The lowest BCUT2D eigenvalue weighted by atomic mass is 9.99. The van der Waals surface area contributed by atoms with Gasteiger partial charge in [-0.15, -0.1) is 0 Å². The van der Waals surface area contributed by atoms with Gasteiger partial charge in [-0.3, -0.25) is 0 Å². The van der Waals surface area contributed by atoms with E-state index < -0.39 is 0 Å². The van der Waals surface area contributed by atoms with Gasteiger partial charge in [0.2, 0.25) is 11.6 Å². The van der Waals surface area contributed by atoms with Gasteiger partial charge in [0.15, 0.2) is 23.3 Å². The van der Waals surface area contributed by atoms with Crippen LogP contribution in [0, 0.1) is 0 Å². The highest BCUT2D eigenvalue weighted by Crippen LogP contribution is 2.30. The van der Waals surface area contributed by atoms with Gasteiger partial charge in [0, 0.05) is 22.3 Å². The number of hydrogen-bond donors (Lipinski definition) is 0. The van der Waals surface area contributed by atoms with Gasteiger partial charge in [-0.2, -0.15) is 0 Å². The first kappa shape index (κ1) is 28.8. The smallest absolute Gasteiger partial charge is 0.202 e. The highest BCUT2D eigenvalue weighted by atomic mass is 15.1. The summed E-state index contributed by atoms with van der Waals surface area (Å²) in [7, 11) is 0. The third-order valence-corrected chi connectivity index (χ3v) is 8.01. The Balaban J connectivity index is 1.25. The molecule has 226 valence electrons. The monoisotopic (exact) mass is 616 g/mol. The molecule has 0 aliphatic heterocycles. The molecule has 0 unspecified atom stereocenters. The van der Waals surface area contributed by atoms with Gasteiger partial charge in [-0.25, -0.2) is 29.9 Å². The standard InChI is InChI=1S/C42H28N6/c1-5-14-29(15-6-1)30-24-26-31(27-25-30)35-22-13-23-36(28-35)40-44-39(34-20-11-4-12-21-34)47-42(48-40)41-45-37(32-16-7-2-8-17-32)43-38(46-41)33-18-9-3-10-19-33/h1-28H. The maximum atomic E-state index is 4.98. The predicted molar refractivity (Wildman–Crippen MR) is 191 cm³/mol. The molecule has 0 N–H and O–H groups in total. The summed E-state index contributed by atoms with van der Waals surface area (Å²) in [6.45, 7) is 0. The largest absolute Gasteiger partial charge is 0.208 e. The Kier molecular flexibility index (Phi) is 7.79. The molecular weight excluding hydrogens is 589 g/mol. The van der Waals surface area contributed by atoms with E-state index in [0.717, 1.165) is 33.4 Å². The molecule has 48 heavy (non-hydrogen) atoms. The summed E-state index contributed by atoms with van der Waals surface area (Å²) >= 11 is 0. The molecule has 2 aromatic heterocycles. The van der Waals surface area contributed by atoms with E-state index in [9.17, 15) is 0 Å². The summed E-state index contributed by atoms with van der Waals surface area (Å²) in [6.07, 6.45) is 0. The number of benzene rings is 6. The first-order chi connectivity index (χ1) is 23.8. The van der Waals surface area contributed by atoms with E-state index >= 15 is 0 Å². The second kappa shape index (κ2) is 13.0. The fourth-order valence-corrected chi connectivity index (χ4v) is 5.55. The van der Waals surface area contributed by atoms with Crippen molar-refractivity contribution in [3.8, 4) is 79.5 Å². The van der Waals surface area contributed by atoms with E-state index in [1.165, 1.54) is 11.1 Å². The van der Waals surface area contributed by atoms with Crippen LogP contribution in [0.25, 0.3) is 79.5 Å². The third kappa shape index (κ3) is 6.10. The zero-order valence-electron chi connectivity index (χ0n) is 25.8. The van der Waals surface area contributed by atoms with Crippen LogP contribution in [0.1, 0.15) is 0 Å². The van der Waals surface area contributed by atoms with E-state index in [0.29, 0.717) is 34.9 Å². The molecule has 0 saturated carbocycles. The van der Waals surface area contributed by atoms with E-state index in [2.05, 4.69) is 60.7 Å². The molecule has 0 spiro atoms. The maximum absolute atomic E-state index is 4.98. The summed E-state index contributed by atoms with van der Waals surface area (Å²) in [4.78, 5) is 29.5. The number of aromatic nitrogens is 6. The summed E-state index contributed by atoms with van der Waals surface area (Å²) < 4.78 is 0. The first-order valence-corrected chi connectivity index (χ1v) is 15.7. The van der Waals surface area contributed by atoms with Gasteiger partial charge >= 0.3 is 0 Å². The lowest BCUT2D eigenvalue weighted by Gasteiger charge is -2.11. The summed E-state index contributed by atoms with van der Waals surface area (Å²) in [5, 5.41) is 0. The molecule has 6 heteroatoms. The Morgan fingerprint density at radius 3 is 0.875 bits per heavy atom. The van der Waals surface area contributed by atoms with Crippen molar-refractivity contribution in [2.75, 3.05) is 0 Å². The fraction of sp³-hybridized carbons (Fsp3) is 0. The normalized spacial score (nSPS) is 10.9. The predicted octanol–water partition coefficient (Wildman–Crippen LogP) is 9.73. The van der Waals surface area contributed by atoms with Crippen LogP contribution in [0.3, 0.4) is 0 Å². The molecule has 0 atom stereocenters. The zero-order chi connectivity index (χ0) is 32.1. The molecule has 6 nitrogen and oxygen atoms in total. The Morgan fingerprint density at radius 1 is 0.188 bits per heavy atom. The van der Waals surface area contributed by atoms with E-state index in [4.69, 9.17) is 29.9 Å². The van der Waals surface area contributed by atoms with Crippen LogP contribution in [0.4, 0.5) is 0 Å². The van der Waals surface area contributed by atoms with Crippen LogP contribution in [0.15, 0.2) is 170 Å². The molecule has 0 amide bonds.